The molecule has 0 aromatic carbocycles. The Morgan fingerprint density at radius 1 is 1.09 bits per heavy atom. The molecule has 12 heteroatoms. The van der Waals surface area contributed by atoms with E-state index in [-0.39, 0.29) is 11.2 Å². The standard InChI is InChI=1S/C23H28BN5O6/c1-21(2,3)33-20(32)29(19(30)31)18-16-15(24-34-22(4,5)23(6,7)35-24)12-28(17(16)26-13-27-18)14-8-10-25-11-9-14/h8-13H,1-7H3,(H,30,31). The van der Waals surface area contributed by atoms with Crippen molar-refractivity contribution in [3.8, 4) is 5.69 Å². The Balaban J connectivity index is 1.97. The van der Waals surface area contributed by atoms with Crippen LogP contribution in [0.4, 0.5) is 15.4 Å². The van der Waals surface area contributed by atoms with E-state index in [9.17, 15) is 14.7 Å². The van der Waals surface area contributed by atoms with Crippen LogP contribution in [0.5, 0.6) is 0 Å². The maximum atomic E-state index is 12.9. The molecule has 184 valence electrons. The Labute approximate surface area is 203 Å². The second kappa shape index (κ2) is 8.31. The van der Waals surface area contributed by atoms with Crippen LogP contribution in [0.3, 0.4) is 0 Å². The SMILES string of the molecule is CC(C)(C)OC(=O)N(C(=O)O)c1ncnc2c1c(B1OC(C)(C)C(C)(C)O1)cn2-c1ccncc1. The van der Waals surface area contributed by atoms with Crippen LogP contribution in [-0.4, -0.2) is 60.7 Å². The zero-order chi connectivity index (χ0) is 25.8. The van der Waals surface area contributed by atoms with Crippen LogP contribution < -0.4 is 10.4 Å². The van der Waals surface area contributed by atoms with Gasteiger partial charge in [0.2, 0.25) is 0 Å². The summed E-state index contributed by atoms with van der Waals surface area (Å²) in [5, 5.41) is 10.3. The number of carbonyl (C=O) groups excluding carboxylic acids is 1. The first-order valence-electron chi connectivity index (χ1n) is 11.1. The van der Waals surface area contributed by atoms with Gasteiger partial charge in [0.15, 0.2) is 5.82 Å². The monoisotopic (exact) mass is 481 g/mol. The van der Waals surface area contributed by atoms with Gasteiger partial charge in [0, 0.05) is 24.1 Å². The van der Waals surface area contributed by atoms with Gasteiger partial charge in [-0.05, 0) is 60.6 Å². The Kier molecular flexibility index (Phi) is 5.85. The fraction of sp³-hybridized carbons (Fsp3) is 0.435. The summed E-state index contributed by atoms with van der Waals surface area (Å²) in [5.41, 5.74) is -0.681. The fourth-order valence-corrected chi connectivity index (χ4v) is 3.66. The number of amides is 2. The molecule has 4 heterocycles. The molecule has 0 atom stereocenters. The Hall–Kier alpha value is -3.51. The van der Waals surface area contributed by atoms with Crippen LogP contribution in [0.1, 0.15) is 48.5 Å². The molecule has 1 saturated heterocycles. The van der Waals surface area contributed by atoms with Gasteiger partial charge < -0.3 is 23.7 Å². The molecule has 0 aliphatic carbocycles. The number of nitrogens with zero attached hydrogens (tertiary/aromatic N) is 5. The molecule has 4 rings (SSSR count). The number of pyridine rings is 1. The predicted octanol–water partition coefficient (Wildman–Crippen LogP) is 3.53. The summed E-state index contributed by atoms with van der Waals surface area (Å²) in [6, 6.07) is 3.55. The zero-order valence-corrected chi connectivity index (χ0v) is 20.8. The number of carboxylic acid groups (broad SMARTS) is 1. The van der Waals surface area contributed by atoms with Crippen LogP contribution in [0, 0.1) is 0 Å². The number of hydrogen-bond donors (Lipinski definition) is 1. The number of imide groups is 1. The molecular formula is C23H28BN5O6. The summed E-state index contributed by atoms with van der Waals surface area (Å²) in [6.45, 7) is 12.6. The average Bonchev–Trinajstić information content (AvgIpc) is 3.22. The number of hydrogen-bond acceptors (Lipinski definition) is 8. The lowest BCUT2D eigenvalue weighted by molar-refractivity contribution is 0.00578. The number of rotatable bonds is 3. The number of fused-ring (bicyclic) bond motifs is 1. The first-order valence-corrected chi connectivity index (χ1v) is 11.1. The summed E-state index contributed by atoms with van der Waals surface area (Å²) in [6.07, 6.45) is 3.57. The molecule has 1 fully saturated rings. The molecule has 0 spiro atoms. The molecule has 1 aliphatic rings. The number of ether oxygens (including phenoxy) is 1. The summed E-state index contributed by atoms with van der Waals surface area (Å²) in [5.74, 6) is -0.158. The summed E-state index contributed by atoms with van der Waals surface area (Å²) < 4.78 is 19.6. The van der Waals surface area contributed by atoms with Gasteiger partial charge in [0.1, 0.15) is 17.6 Å². The molecule has 3 aromatic heterocycles. The molecule has 0 bridgehead atoms. The van der Waals surface area contributed by atoms with Crippen LogP contribution in [-0.2, 0) is 14.0 Å². The zero-order valence-electron chi connectivity index (χ0n) is 20.8. The third-order valence-corrected chi connectivity index (χ3v) is 6.02. The van der Waals surface area contributed by atoms with Crippen molar-refractivity contribution in [3.63, 3.8) is 0 Å². The summed E-state index contributed by atoms with van der Waals surface area (Å²) >= 11 is 0. The highest BCUT2D eigenvalue weighted by Crippen LogP contribution is 2.38. The van der Waals surface area contributed by atoms with Crippen molar-refractivity contribution in [2.45, 2.75) is 65.3 Å². The minimum Gasteiger partial charge on any atom is -0.464 e. The van der Waals surface area contributed by atoms with Crippen LogP contribution in [0.2, 0.25) is 0 Å². The van der Waals surface area contributed by atoms with E-state index in [1.807, 2.05) is 27.7 Å². The van der Waals surface area contributed by atoms with E-state index in [2.05, 4.69) is 15.0 Å². The van der Waals surface area contributed by atoms with Gasteiger partial charge in [-0.2, -0.15) is 4.90 Å². The molecule has 2 amide bonds. The quantitative estimate of drug-likeness (QED) is 0.559. The van der Waals surface area contributed by atoms with Gasteiger partial charge in [-0.1, -0.05) is 0 Å². The van der Waals surface area contributed by atoms with Crippen molar-refractivity contribution >= 4 is 41.6 Å². The molecule has 11 nitrogen and oxygen atoms in total. The van der Waals surface area contributed by atoms with Crippen LogP contribution >= 0.6 is 0 Å². The Morgan fingerprint density at radius 3 is 2.23 bits per heavy atom. The number of carbonyl (C=O) groups is 2. The Morgan fingerprint density at radius 2 is 1.69 bits per heavy atom. The minimum atomic E-state index is -1.55. The van der Waals surface area contributed by atoms with Crippen molar-refractivity contribution in [2.24, 2.45) is 0 Å². The minimum absolute atomic E-state index is 0.158. The number of anilines is 1. The number of aromatic nitrogens is 4. The largest absolute Gasteiger partial charge is 0.497 e. The fourth-order valence-electron chi connectivity index (χ4n) is 3.66. The van der Waals surface area contributed by atoms with Gasteiger partial charge in [-0.3, -0.25) is 4.98 Å². The third-order valence-electron chi connectivity index (χ3n) is 6.02. The van der Waals surface area contributed by atoms with Crippen molar-refractivity contribution < 1.29 is 28.7 Å². The van der Waals surface area contributed by atoms with Gasteiger partial charge >= 0.3 is 19.3 Å². The van der Waals surface area contributed by atoms with E-state index in [0.717, 1.165) is 5.69 Å². The topological polar surface area (TPSA) is 129 Å². The second-order valence-electron chi connectivity index (χ2n) is 10.2. The molecule has 0 radical (unpaired) electrons. The maximum Gasteiger partial charge on any atom is 0.497 e. The molecule has 0 unspecified atom stereocenters. The second-order valence-corrected chi connectivity index (χ2v) is 10.2. The lowest BCUT2D eigenvalue weighted by Crippen LogP contribution is -2.42. The van der Waals surface area contributed by atoms with Crippen LogP contribution in [0.25, 0.3) is 16.7 Å². The third kappa shape index (κ3) is 4.46. The normalized spacial score (nSPS) is 16.9. The predicted molar refractivity (Wildman–Crippen MR) is 129 cm³/mol. The van der Waals surface area contributed by atoms with E-state index < -0.39 is 36.1 Å². The first kappa shape index (κ1) is 24.6. The molecule has 35 heavy (non-hydrogen) atoms. The van der Waals surface area contributed by atoms with E-state index in [1.165, 1.54) is 6.33 Å². The Bertz CT molecular complexity index is 1270. The van der Waals surface area contributed by atoms with E-state index in [0.29, 0.717) is 16.0 Å². The lowest BCUT2D eigenvalue weighted by Gasteiger charge is -2.32. The lowest BCUT2D eigenvalue weighted by atomic mass is 9.79. The highest BCUT2D eigenvalue weighted by molar-refractivity contribution is 6.65. The van der Waals surface area contributed by atoms with Crippen molar-refractivity contribution in [2.75, 3.05) is 4.90 Å². The molecule has 3 aromatic rings. The summed E-state index contributed by atoms with van der Waals surface area (Å²) in [7, 11) is -0.871. The van der Waals surface area contributed by atoms with Gasteiger partial charge in [0.05, 0.1) is 22.3 Å². The summed E-state index contributed by atoms with van der Waals surface area (Å²) in [4.78, 5) is 38.3. The maximum absolute atomic E-state index is 12.9. The van der Waals surface area contributed by atoms with Crippen LogP contribution in [0.15, 0.2) is 37.1 Å². The van der Waals surface area contributed by atoms with E-state index >= 15 is 0 Å². The molecule has 1 N–H and O–H groups in total. The average molecular weight is 481 g/mol. The molecule has 1 aliphatic heterocycles. The van der Waals surface area contributed by atoms with Gasteiger partial charge in [-0.25, -0.2) is 19.6 Å². The van der Waals surface area contributed by atoms with E-state index in [1.54, 1.807) is 56.1 Å². The van der Waals surface area contributed by atoms with Crippen molar-refractivity contribution in [1.29, 1.82) is 0 Å². The molecular weight excluding hydrogens is 453 g/mol. The van der Waals surface area contributed by atoms with Gasteiger partial charge in [-0.15, -0.1) is 0 Å². The van der Waals surface area contributed by atoms with Gasteiger partial charge in [0.25, 0.3) is 0 Å². The highest BCUT2D eigenvalue weighted by Gasteiger charge is 2.53. The van der Waals surface area contributed by atoms with E-state index in [4.69, 9.17) is 14.0 Å². The first-order chi connectivity index (χ1) is 16.2. The van der Waals surface area contributed by atoms with Crippen molar-refractivity contribution in [3.05, 3.63) is 37.1 Å². The molecule has 0 saturated carbocycles. The smallest absolute Gasteiger partial charge is 0.464 e. The highest BCUT2D eigenvalue weighted by atomic mass is 16.7. The van der Waals surface area contributed by atoms with Crippen molar-refractivity contribution in [1.82, 2.24) is 19.5 Å².